The van der Waals surface area contributed by atoms with Gasteiger partial charge in [0.25, 0.3) is 0 Å². The molecule has 0 radical (unpaired) electrons. The number of carbonyl (C=O) groups is 1. The zero-order valence-electron chi connectivity index (χ0n) is 10.5. The lowest BCUT2D eigenvalue weighted by molar-refractivity contribution is -0.155. The molecule has 0 aliphatic heterocycles. The molecule has 2 atom stereocenters. The lowest BCUT2D eigenvalue weighted by Crippen LogP contribution is -2.35. The number of alkyl halides is 1. The van der Waals surface area contributed by atoms with Gasteiger partial charge in [-0.25, -0.2) is 0 Å². The van der Waals surface area contributed by atoms with Crippen LogP contribution >= 0.6 is 15.9 Å². The Labute approximate surface area is 102 Å². The van der Waals surface area contributed by atoms with E-state index >= 15 is 0 Å². The number of halogens is 1. The molecule has 0 saturated carbocycles. The van der Waals surface area contributed by atoms with Crippen molar-refractivity contribution < 1.29 is 9.53 Å². The zero-order valence-corrected chi connectivity index (χ0v) is 12.1. The molecule has 0 saturated heterocycles. The van der Waals surface area contributed by atoms with Crippen molar-refractivity contribution in [2.45, 2.75) is 58.2 Å². The second kappa shape index (κ2) is 5.88. The van der Waals surface area contributed by atoms with Crippen molar-refractivity contribution in [3.63, 3.8) is 0 Å². The molecule has 0 aliphatic carbocycles. The molecule has 0 fully saturated rings. The molecule has 0 aliphatic rings. The maximum Gasteiger partial charge on any atom is 0.311 e. The van der Waals surface area contributed by atoms with Gasteiger partial charge in [-0.05, 0) is 40.0 Å². The highest BCUT2D eigenvalue weighted by molar-refractivity contribution is 9.10. The molecule has 0 heterocycles. The Bertz CT molecular complexity index is 214. The molecule has 2 nitrogen and oxygen atoms in total. The van der Waals surface area contributed by atoms with Crippen molar-refractivity contribution in [1.82, 2.24) is 0 Å². The van der Waals surface area contributed by atoms with E-state index in [0.717, 1.165) is 19.3 Å². The Morgan fingerprint density at radius 2 is 1.73 bits per heavy atom. The third kappa shape index (κ3) is 4.54. The van der Waals surface area contributed by atoms with E-state index in [0.29, 0.717) is 6.61 Å². The minimum Gasteiger partial charge on any atom is -0.466 e. The van der Waals surface area contributed by atoms with Gasteiger partial charge in [0.15, 0.2) is 0 Å². The molecule has 0 aromatic heterocycles. The summed E-state index contributed by atoms with van der Waals surface area (Å²) < 4.78 is 5.15. The molecule has 0 spiro atoms. The maximum absolute atomic E-state index is 11.8. The predicted molar refractivity (Wildman–Crippen MR) is 67.3 cm³/mol. The van der Waals surface area contributed by atoms with Gasteiger partial charge in [-0.15, -0.1) is 0 Å². The molecule has 3 heteroatoms. The third-order valence-electron chi connectivity index (χ3n) is 3.04. The summed E-state index contributed by atoms with van der Waals surface area (Å²) in [5, 5.41) is 0. The van der Waals surface area contributed by atoms with Crippen molar-refractivity contribution >= 4 is 21.9 Å². The van der Waals surface area contributed by atoms with Crippen molar-refractivity contribution in [2.75, 3.05) is 6.61 Å². The highest BCUT2D eigenvalue weighted by Gasteiger charge is 2.38. The molecule has 90 valence electrons. The van der Waals surface area contributed by atoms with E-state index in [4.69, 9.17) is 4.74 Å². The Kier molecular flexibility index (Phi) is 5.86. The van der Waals surface area contributed by atoms with E-state index < -0.39 is 0 Å². The number of ether oxygens (including phenoxy) is 1. The molecule has 0 amide bonds. The van der Waals surface area contributed by atoms with Crippen LogP contribution in [0.4, 0.5) is 0 Å². The average Bonchev–Trinajstić information content (AvgIpc) is 2.17. The van der Waals surface area contributed by atoms with E-state index in [2.05, 4.69) is 29.8 Å². The van der Waals surface area contributed by atoms with Gasteiger partial charge >= 0.3 is 5.97 Å². The number of esters is 1. The smallest absolute Gasteiger partial charge is 0.311 e. The van der Waals surface area contributed by atoms with E-state index in [-0.39, 0.29) is 15.7 Å². The van der Waals surface area contributed by atoms with Crippen LogP contribution in [0.3, 0.4) is 0 Å². The molecule has 2 unspecified atom stereocenters. The molecule has 0 rings (SSSR count). The second-order valence-electron chi connectivity index (χ2n) is 4.58. The summed E-state index contributed by atoms with van der Waals surface area (Å²) in [7, 11) is 0. The van der Waals surface area contributed by atoms with Crippen LogP contribution in [0, 0.1) is 5.41 Å². The minimum absolute atomic E-state index is 0.0184. The zero-order chi connectivity index (χ0) is 12.1. The molecule has 0 N–H and O–H groups in total. The fourth-order valence-electron chi connectivity index (χ4n) is 1.59. The van der Waals surface area contributed by atoms with E-state index in [1.807, 2.05) is 20.8 Å². The van der Waals surface area contributed by atoms with Crippen molar-refractivity contribution in [2.24, 2.45) is 5.41 Å². The SMILES string of the molecule is CCOC(=O)C(C)(CC)CC(C)(Br)CC. The van der Waals surface area contributed by atoms with Gasteiger partial charge < -0.3 is 4.74 Å². The van der Waals surface area contributed by atoms with Gasteiger partial charge in [0.2, 0.25) is 0 Å². The lowest BCUT2D eigenvalue weighted by atomic mass is 9.78. The van der Waals surface area contributed by atoms with Gasteiger partial charge in [0.1, 0.15) is 0 Å². The number of hydrogen-bond donors (Lipinski definition) is 0. The average molecular weight is 279 g/mol. The molecule has 15 heavy (non-hydrogen) atoms. The van der Waals surface area contributed by atoms with E-state index in [1.165, 1.54) is 0 Å². The van der Waals surface area contributed by atoms with Crippen LogP contribution < -0.4 is 0 Å². The summed E-state index contributed by atoms with van der Waals surface area (Å²) in [4.78, 5) is 11.8. The first-order valence-corrected chi connectivity index (χ1v) is 6.46. The summed E-state index contributed by atoms with van der Waals surface area (Å²) >= 11 is 3.67. The van der Waals surface area contributed by atoms with Gasteiger partial charge in [0.05, 0.1) is 12.0 Å². The normalized spacial score (nSPS) is 19.1. The first-order valence-electron chi connectivity index (χ1n) is 5.67. The van der Waals surface area contributed by atoms with Crippen molar-refractivity contribution in [1.29, 1.82) is 0 Å². The minimum atomic E-state index is -0.371. The van der Waals surface area contributed by atoms with Crippen LogP contribution in [-0.2, 0) is 9.53 Å². The topological polar surface area (TPSA) is 26.3 Å². The van der Waals surface area contributed by atoms with Crippen LogP contribution in [0.15, 0.2) is 0 Å². The predicted octanol–water partition coefficient (Wildman–Crippen LogP) is 3.92. The largest absolute Gasteiger partial charge is 0.466 e. The highest BCUT2D eigenvalue weighted by atomic mass is 79.9. The summed E-state index contributed by atoms with van der Waals surface area (Å²) in [6.45, 7) is 10.6. The Balaban J connectivity index is 4.63. The lowest BCUT2D eigenvalue weighted by Gasteiger charge is -2.33. The number of carbonyl (C=O) groups excluding carboxylic acids is 1. The maximum atomic E-state index is 11.8. The van der Waals surface area contributed by atoms with Crippen LogP contribution in [0.25, 0.3) is 0 Å². The van der Waals surface area contributed by atoms with E-state index in [9.17, 15) is 4.79 Å². The number of hydrogen-bond acceptors (Lipinski definition) is 2. The van der Waals surface area contributed by atoms with Gasteiger partial charge in [0, 0.05) is 4.32 Å². The summed E-state index contributed by atoms with van der Waals surface area (Å²) in [6.07, 6.45) is 2.63. The standard InChI is InChI=1S/C12H23BrO2/c1-6-11(4,10(14)15-8-3)9-12(5,13)7-2/h6-9H2,1-5H3. The third-order valence-corrected chi connectivity index (χ3v) is 3.89. The second-order valence-corrected chi connectivity index (χ2v) is 6.49. The number of rotatable bonds is 6. The Hall–Kier alpha value is -0.0500. The van der Waals surface area contributed by atoms with Crippen LogP contribution in [-0.4, -0.2) is 16.9 Å². The molecule has 0 aromatic rings. The van der Waals surface area contributed by atoms with Crippen LogP contribution in [0.2, 0.25) is 0 Å². The molecular formula is C12H23BrO2. The van der Waals surface area contributed by atoms with Gasteiger partial charge in [-0.2, -0.15) is 0 Å². The first kappa shape index (κ1) is 14.9. The Morgan fingerprint density at radius 3 is 2.07 bits per heavy atom. The Morgan fingerprint density at radius 1 is 1.20 bits per heavy atom. The molecule has 0 bridgehead atoms. The molecule has 0 aromatic carbocycles. The quantitative estimate of drug-likeness (QED) is 0.544. The van der Waals surface area contributed by atoms with Crippen LogP contribution in [0.1, 0.15) is 53.9 Å². The summed E-state index contributed by atoms with van der Waals surface area (Å²) in [5.41, 5.74) is -0.371. The fraction of sp³-hybridized carbons (Fsp3) is 0.917. The van der Waals surface area contributed by atoms with Crippen molar-refractivity contribution in [3.8, 4) is 0 Å². The highest BCUT2D eigenvalue weighted by Crippen LogP contribution is 2.39. The summed E-state index contributed by atoms with van der Waals surface area (Å²) in [6, 6.07) is 0. The fourth-order valence-corrected chi connectivity index (χ4v) is 2.20. The van der Waals surface area contributed by atoms with E-state index in [1.54, 1.807) is 0 Å². The van der Waals surface area contributed by atoms with Crippen LogP contribution in [0.5, 0.6) is 0 Å². The first-order chi connectivity index (χ1) is 6.81. The van der Waals surface area contributed by atoms with Crippen molar-refractivity contribution in [3.05, 3.63) is 0 Å². The summed E-state index contributed by atoms with van der Waals surface area (Å²) in [5.74, 6) is -0.0772. The van der Waals surface area contributed by atoms with Gasteiger partial charge in [-0.3, -0.25) is 4.79 Å². The monoisotopic (exact) mass is 278 g/mol. The molecular weight excluding hydrogens is 256 g/mol. The van der Waals surface area contributed by atoms with Gasteiger partial charge in [-0.1, -0.05) is 29.8 Å².